The second kappa shape index (κ2) is 8.35. The lowest BCUT2D eigenvalue weighted by atomic mass is 10.1. The first kappa shape index (κ1) is 14.3. The quantitative estimate of drug-likeness (QED) is 0.718. The van der Waals surface area contributed by atoms with Gasteiger partial charge in [-0.2, -0.15) is 0 Å². The van der Waals surface area contributed by atoms with Crippen LogP contribution in [0.2, 0.25) is 0 Å². The smallest absolute Gasteiger partial charge is 0.119 e. The van der Waals surface area contributed by atoms with E-state index in [-0.39, 0.29) is 0 Å². The average Bonchev–Trinajstić information content (AvgIpc) is 2.49. The van der Waals surface area contributed by atoms with E-state index in [0.717, 1.165) is 18.8 Å². The van der Waals surface area contributed by atoms with Gasteiger partial charge in [-0.3, -0.25) is 0 Å². The highest BCUT2D eigenvalue weighted by Gasteiger charge is 1.97. The lowest BCUT2D eigenvalue weighted by molar-refractivity contribution is 0.317. The number of hydrogen-bond acceptors (Lipinski definition) is 1. The summed E-state index contributed by atoms with van der Waals surface area (Å²) in [6.07, 6.45) is 1.04. The zero-order chi connectivity index (χ0) is 13.2. The molecule has 18 heavy (non-hydrogen) atoms. The van der Waals surface area contributed by atoms with Crippen molar-refractivity contribution in [1.29, 1.82) is 0 Å². The highest BCUT2D eigenvalue weighted by atomic mass is 16.5. The minimum absolute atomic E-state index is 0.782. The lowest BCUT2D eigenvalue weighted by Gasteiger charge is -2.06. The number of hydrogen-bond donors (Lipinski definition) is 0. The van der Waals surface area contributed by atoms with Crippen LogP contribution in [0.1, 0.15) is 27.2 Å². The molecule has 0 aromatic heterocycles. The van der Waals surface area contributed by atoms with Gasteiger partial charge in [0.2, 0.25) is 0 Å². The van der Waals surface area contributed by atoms with Gasteiger partial charge in [-0.05, 0) is 29.7 Å². The summed E-state index contributed by atoms with van der Waals surface area (Å²) in [6.45, 7) is 6.89. The van der Waals surface area contributed by atoms with Crippen LogP contribution in [0.15, 0.2) is 54.6 Å². The molecule has 1 nitrogen and oxygen atoms in total. The monoisotopic (exact) mass is 242 g/mol. The molecule has 96 valence electrons. The van der Waals surface area contributed by atoms with E-state index < -0.39 is 0 Å². The minimum Gasteiger partial charge on any atom is -0.494 e. The van der Waals surface area contributed by atoms with Gasteiger partial charge in [-0.1, -0.05) is 63.2 Å². The van der Waals surface area contributed by atoms with Gasteiger partial charge in [-0.25, -0.2) is 0 Å². The maximum atomic E-state index is 5.55. The van der Waals surface area contributed by atoms with Crippen molar-refractivity contribution in [2.75, 3.05) is 6.61 Å². The highest BCUT2D eigenvalue weighted by molar-refractivity contribution is 5.63. The van der Waals surface area contributed by atoms with Crippen LogP contribution in [0.3, 0.4) is 0 Å². The average molecular weight is 242 g/mol. The van der Waals surface area contributed by atoms with Crippen LogP contribution >= 0.6 is 0 Å². The molecule has 0 aliphatic rings. The molecule has 0 unspecified atom stereocenters. The van der Waals surface area contributed by atoms with E-state index in [2.05, 4.69) is 43.3 Å². The third-order valence-electron chi connectivity index (χ3n) is 2.43. The van der Waals surface area contributed by atoms with Crippen LogP contribution in [0.25, 0.3) is 11.1 Å². The fraction of sp³-hybridized carbons (Fsp3) is 0.294. The van der Waals surface area contributed by atoms with Crippen LogP contribution in [0, 0.1) is 0 Å². The number of ether oxygens (including phenoxy) is 1. The Hall–Kier alpha value is -1.76. The predicted octanol–water partition coefficient (Wildman–Crippen LogP) is 5.17. The topological polar surface area (TPSA) is 9.23 Å². The molecule has 0 heterocycles. The van der Waals surface area contributed by atoms with E-state index in [1.54, 1.807) is 0 Å². The SMILES string of the molecule is CC.CCCOc1ccc(-c2ccccc2)cc1. The Bertz CT molecular complexity index is 417. The van der Waals surface area contributed by atoms with Gasteiger partial charge in [0, 0.05) is 0 Å². The Kier molecular flexibility index (Phi) is 6.63. The van der Waals surface area contributed by atoms with Crippen LogP contribution in [0.5, 0.6) is 5.75 Å². The van der Waals surface area contributed by atoms with Crippen LogP contribution in [-0.4, -0.2) is 6.61 Å². The molecule has 0 saturated carbocycles. The van der Waals surface area contributed by atoms with Gasteiger partial charge in [0.05, 0.1) is 6.61 Å². The van der Waals surface area contributed by atoms with E-state index >= 15 is 0 Å². The Morgan fingerprint density at radius 2 is 1.33 bits per heavy atom. The molecule has 1 heteroatoms. The van der Waals surface area contributed by atoms with E-state index in [1.165, 1.54) is 11.1 Å². The summed E-state index contributed by atoms with van der Waals surface area (Å²) in [5.41, 5.74) is 2.47. The van der Waals surface area contributed by atoms with Crippen molar-refractivity contribution in [3.63, 3.8) is 0 Å². The molecular formula is C17H22O. The standard InChI is InChI=1S/C15H16O.C2H6/c1-2-12-16-15-10-8-14(9-11-15)13-6-4-3-5-7-13;1-2/h3-11H,2,12H2,1H3;1-2H3. The summed E-state index contributed by atoms with van der Waals surface area (Å²) in [7, 11) is 0. The zero-order valence-corrected chi connectivity index (χ0v) is 11.5. The van der Waals surface area contributed by atoms with Crippen molar-refractivity contribution < 1.29 is 4.74 Å². The van der Waals surface area contributed by atoms with Crippen molar-refractivity contribution in [2.45, 2.75) is 27.2 Å². The third-order valence-corrected chi connectivity index (χ3v) is 2.43. The van der Waals surface area contributed by atoms with Crippen LogP contribution in [0.4, 0.5) is 0 Å². The van der Waals surface area contributed by atoms with E-state index in [1.807, 2.05) is 32.0 Å². The Morgan fingerprint density at radius 3 is 1.89 bits per heavy atom. The van der Waals surface area contributed by atoms with E-state index in [0.29, 0.717) is 0 Å². The molecule has 0 aliphatic heterocycles. The zero-order valence-electron chi connectivity index (χ0n) is 11.5. The van der Waals surface area contributed by atoms with Gasteiger partial charge in [0.25, 0.3) is 0 Å². The summed E-state index contributed by atoms with van der Waals surface area (Å²) in [5.74, 6) is 0.946. The van der Waals surface area contributed by atoms with Crippen LogP contribution in [-0.2, 0) is 0 Å². The maximum absolute atomic E-state index is 5.55. The highest BCUT2D eigenvalue weighted by Crippen LogP contribution is 2.21. The molecular weight excluding hydrogens is 220 g/mol. The normalized spacial score (nSPS) is 9.28. The summed E-state index contributed by atoms with van der Waals surface area (Å²) < 4.78 is 5.55. The fourth-order valence-corrected chi connectivity index (χ4v) is 1.59. The summed E-state index contributed by atoms with van der Waals surface area (Å²) in [5, 5.41) is 0. The lowest BCUT2D eigenvalue weighted by Crippen LogP contribution is -1.94. The first-order chi connectivity index (χ1) is 8.90. The number of rotatable bonds is 4. The van der Waals surface area contributed by atoms with Gasteiger partial charge >= 0.3 is 0 Å². The van der Waals surface area contributed by atoms with Crippen molar-refractivity contribution in [3.8, 4) is 16.9 Å². The first-order valence-corrected chi connectivity index (χ1v) is 6.68. The molecule has 0 radical (unpaired) electrons. The second-order valence-corrected chi connectivity index (χ2v) is 3.74. The minimum atomic E-state index is 0.782. The molecule has 0 fully saturated rings. The molecule has 2 aromatic rings. The largest absolute Gasteiger partial charge is 0.494 e. The summed E-state index contributed by atoms with van der Waals surface area (Å²) in [6, 6.07) is 18.6. The van der Waals surface area contributed by atoms with Gasteiger partial charge < -0.3 is 4.74 Å². The molecule has 2 rings (SSSR count). The first-order valence-electron chi connectivity index (χ1n) is 6.68. The molecule has 0 N–H and O–H groups in total. The van der Waals surface area contributed by atoms with Crippen molar-refractivity contribution in [2.24, 2.45) is 0 Å². The summed E-state index contributed by atoms with van der Waals surface area (Å²) >= 11 is 0. The fourth-order valence-electron chi connectivity index (χ4n) is 1.59. The Labute approximate surface area is 110 Å². The van der Waals surface area contributed by atoms with Gasteiger partial charge in [-0.15, -0.1) is 0 Å². The van der Waals surface area contributed by atoms with Gasteiger partial charge in [0.1, 0.15) is 5.75 Å². The molecule has 0 saturated heterocycles. The molecule has 0 aliphatic carbocycles. The summed E-state index contributed by atoms with van der Waals surface area (Å²) in [4.78, 5) is 0. The van der Waals surface area contributed by atoms with Crippen LogP contribution < -0.4 is 4.74 Å². The molecule has 0 atom stereocenters. The maximum Gasteiger partial charge on any atom is 0.119 e. The van der Waals surface area contributed by atoms with Crippen molar-refractivity contribution in [3.05, 3.63) is 54.6 Å². The third kappa shape index (κ3) is 4.25. The van der Waals surface area contributed by atoms with Gasteiger partial charge in [0.15, 0.2) is 0 Å². The van der Waals surface area contributed by atoms with E-state index in [4.69, 9.17) is 4.74 Å². The second-order valence-electron chi connectivity index (χ2n) is 3.74. The molecule has 0 bridgehead atoms. The predicted molar refractivity (Wildman–Crippen MR) is 79.0 cm³/mol. The Morgan fingerprint density at radius 1 is 0.778 bits per heavy atom. The van der Waals surface area contributed by atoms with Crippen molar-refractivity contribution in [1.82, 2.24) is 0 Å². The van der Waals surface area contributed by atoms with Crippen molar-refractivity contribution >= 4 is 0 Å². The molecule has 0 amide bonds. The Balaban J connectivity index is 0.000000771. The molecule has 0 spiro atoms. The number of benzene rings is 2. The molecule has 2 aromatic carbocycles. The van der Waals surface area contributed by atoms with E-state index in [9.17, 15) is 0 Å².